The molecule has 0 saturated heterocycles. The van der Waals surface area contributed by atoms with E-state index in [0.717, 1.165) is 25.8 Å². The van der Waals surface area contributed by atoms with Crippen LogP contribution in [0.5, 0.6) is 0 Å². The van der Waals surface area contributed by atoms with Crippen LogP contribution in [0.2, 0.25) is 0 Å². The van der Waals surface area contributed by atoms with Crippen molar-refractivity contribution in [2.24, 2.45) is 28.6 Å². The van der Waals surface area contributed by atoms with Crippen LogP contribution in [0.1, 0.15) is 157 Å². The molecule has 2 heteroatoms. The Balaban J connectivity index is 1.36. The molecule has 3 rings (SSSR count). The molecule has 3 aliphatic rings. The lowest BCUT2D eigenvalue weighted by molar-refractivity contribution is -0.144. The van der Waals surface area contributed by atoms with E-state index in [9.17, 15) is 4.79 Å². The molecular formula is C35H61NO. The third kappa shape index (κ3) is 7.98. The van der Waals surface area contributed by atoms with Gasteiger partial charge in [0.05, 0.1) is 5.41 Å². The average molecular weight is 512 g/mol. The van der Waals surface area contributed by atoms with E-state index in [2.05, 4.69) is 52.1 Å². The third-order valence-electron chi connectivity index (χ3n) is 10.7. The molecule has 3 aliphatic carbocycles. The Morgan fingerprint density at radius 3 is 2.11 bits per heavy atom. The quantitative estimate of drug-likeness (QED) is 0.205. The number of amides is 1. The molecule has 0 aromatic heterocycles. The van der Waals surface area contributed by atoms with Gasteiger partial charge in [-0.05, 0) is 67.3 Å². The summed E-state index contributed by atoms with van der Waals surface area (Å²) in [6, 6.07) is 0. The fraction of sp³-hybridized carbons (Fsp3) is 0.857. The average Bonchev–Trinajstić information content (AvgIpc) is 2.88. The zero-order valence-electron chi connectivity index (χ0n) is 25.4. The SMILES string of the molecule is CCCCCCCCCCCCCCCNC(=O)[C@]1(C)CCC[C@@]2(C)[C@H]1CC=C1C=C(C(C)C)CC[C@@H]12. The van der Waals surface area contributed by atoms with Crippen molar-refractivity contribution >= 4 is 5.91 Å². The molecule has 0 spiro atoms. The summed E-state index contributed by atoms with van der Waals surface area (Å²) >= 11 is 0. The van der Waals surface area contributed by atoms with E-state index in [-0.39, 0.29) is 10.8 Å². The monoisotopic (exact) mass is 511 g/mol. The predicted octanol–water partition coefficient (Wildman–Crippen LogP) is 10.3. The zero-order chi connectivity index (χ0) is 26.7. The van der Waals surface area contributed by atoms with Gasteiger partial charge in [0.1, 0.15) is 0 Å². The summed E-state index contributed by atoms with van der Waals surface area (Å²) in [5.41, 5.74) is 3.26. The fourth-order valence-electron chi connectivity index (χ4n) is 8.16. The molecule has 0 heterocycles. The largest absolute Gasteiger partial charge is 0.356 e. The van der Waals surface area contributed by atoms with E-state index in [0.29, 0.717) is 23.7 Å². The fourth-order valence-corrected chi connectivity index (χ4v) is 8.16. The van der Waals surface area contributed by atoms with Crippen LogP contribution in [0.4, 0.5) is 0 Å². The molecular weight excluding hydrogens is 450 g/mol. The van der Waals surface area contributed by atoms with E-state index in [1.807, 2.05) is 0 Å². The van der Waals surface area contributed by atoms with Crippen molar-refractivity contribution in [3.05, 3.63) is 23.3 Å². The van der Waals surface area contributed by atoms with Gasteiger partial charge in [0.25, 0.3) is 0 Å². The van der Waals surface area contributed by atoms with Crippen molar-refractivity contribution in [2.45, 2.75) is 157 Å². The maximum absolute atomic E-state index is 13.6. The van der Waals surface area contributed by atoms with Crippen LogP contribution in [0, 0.1) is 28.6 Å². The Kier molecular flexibility index (Phi) is 12.3. The molecule has 0 radical (unpaired) electrons. The standard InChI is InChI=1S/C35H61NO/c1-6-7-8-9-10-11-12-13-14-15-16-17-18-26-36-33(37)35(5)25-19-24-34(4)31-22-20-29(28(2)3)27-30(31)21-23-32(34)35/h21,27-28,31-32H,6-20,22-26H2,1-5H3,(H,36,37)/t31-,32+,34+,35+/m0/s1. The van der Waals surface area contributed by atoms with Crippen LogP contribution in [-0.4, -0.2) is 12.5 Å². The number of nitrogens with one attached hydrogen (secondary N) is 1. The first kappa shape index (κ1) is 30.5. The van der Waals surface area contributed by atoms with Gasteiger partial charge < -0.3 is 5.32 Å². The van der Waals surface area contributed by atoms with E-state index >= 15 is 0 Å². The van der Waals surface area contributed by atoms with Crippen molar-refractivity contribution < 1.29 is 4.79 Å². The van der Waals surface area contributed by atoms with Crippen molar-refractivity contribution in [2.75, 3.05) is 6.54 Å². The summed E-state index contributed by atoms with van der Waals surface area (Å²) < 4.78 is 0. The lowest BCUT2D eigenvalue weighted by atomic mass is 9.46. The van der Waals surface area contributed by atoms with Crippen molar-refractivity contribution in [3.63, 3.8) is 0 Å². The van der Waals surface area contributed by atoms with Crippen LogP contribution in [0.25, 0.3) is 0 Å². The summed E-state index contributed by atoms with van der Waals surface area (Å²) in [5, 5.41) is 3.41. The number of rotatable bonds is 16. The number of fused-ring (bicyclic) bond motifs is 3. The van der Waals surface area contributed by atoms with Gasteiger partial charge in [-0.25, -0.2) is 0 Å². The van der Waals surface area contributed by atoms with E-state index < -0.39 is 0 Å². The molecule has 1 saturated carbocycles. The Hall–Kier alpha value is -1.05. The molecule has 2 nitrogen and oxygen atoms in total. The summed E-state index contributed by atoms with van der Waals surface area (Å²) in [5.74, 6) is 2.11. The minimum Gasteiger partial charge on any atom is -0.356 e. The van der Waals surface area contributed by atoms with Crippen molar-refractivity contribution in [1.82, 2.24) is 5.32 Å². The molecule has 0 aliphatic heterocycles. The smallest absolute Gasteiger partial charge is 0.226 e. The number of unbranched alkanes of at least 4 members (excludes halogenated alkanes) is 12. The summed E-state index contributed by atoms with van der Waals surface area (Å²) in [6.07, 6.45) is 30.0. The highest BCUT2D eigenvalue weighted by molar-refractivity contribution is 5.83. The highest BCUT2D eigenvalue weighted by Gasteiger charge is 2.56. The molecule has 4 atom stereocenters. The number of carbonyl (C=O) groups excluding carboxylic acids is 1. The van der Waals surface area contributed by atoms with Gasteiger partial charge in [-0.15, -0.1) is 0 Å². The van der Waals surface area contributed by atoms with Gasteiger partial charge in [-0.2, -0.15) is 0 Å². The summed E-state index contributed by atoms with van der Waals surface area (Å²) in [4.78, 5) is 13.6. The van der Waals surface area contributed by atoms with Crippen LogP contribution in [-0.2, 0) is 4.79 Å². The normalized spacial score (nSPS) is 29.4. The summed E-state index contributed by atoms with van der Waals surface area (Å²) in [6.45, 7) is 12.6. The van der Waals surface area contributed by atoms with Crippen LogP contribution in [0.15, 0.2) is 23.3 Å². The lowest BCUT2D eigenvalue weighted by Crippen LogP contribution is -2.55. The first-order chi connectivity index (χ1) is 17.8. The minimum absolute atomic E-state index is 0.215. The first-order valence-corrected chi connectivity index (χ1v) is 16.5. The number of carbonyl (C=O) groups is 1. The van der Waals surface area contributed by atoms with Gasteiger partial charge in [0, 0.05) is 6.54 Å². The van der Waals surface area contributed by atoms with Crippen molar-refractivity contribution in [1.29, 1.82) is 0 Å². The first-order valence-electron chi connectivity index (χ1n) is 16.5. The molecule has 0 aromatic rings. The van der Waals surface area contributed by atoms with Crippen LogP contribution < -0.4 is 5.32 Å². The Bertz CT molecular complexity index is 763. The Morgan fingerprint density at radius 2 is 1.51 bits per heavy atom. The molecule has 1 N–H and O–H groups in total. The molecule has 37 heavy (non-hydrogen) atoms. The Morgan fingerprint density at radius 1 is 0.919 bits per heavy atom. The molecule has 212 valence electrons. The van der Waals surface area contributed by atoms with Gasteiger partial charge in [-0.1, -0.05) is 136 Å². The van der Waals surface area contributed by atoms with Crippen LogP contribution in [0.3, 0.4) is 0 Å². The second kappa shape index (κ2) is 14.9. The third-order valence-corrected chi connectivity index (χ3v) is 10.7. The van der Waals surface area contributed by atoms with Crippen LogP contribution >= 0.6 is 0 Å². The van der Waals surface area contributed by atoms with E-state index in [4.69, 9.17) is 0 Å². The number of hydrogen-bond donors (Lipinski definition) is 1. The molecule has 0 bridgehead atoms. The highest BCUT2D eigenvalue weighted by atomic mass is 16.2. The molecule has 0 unspecified atom stereocenters. The molecule has 0 aromatic carbocycles. The maximum atomic E-state index is 13.6. The van der Waals surface area contributed by atoms with Gasteiger partial charge >= 0.3 is 0 Å². The molecule has 1 fully saturated rings. The second-order valence-electron chi connectivity index (χ2n) is 13.7. The molecule has 1 amide bonds. The predicted molar refractivity (Wildman–Crippen MR) is 161 cm³/mol. The van der Waals surface area contributed by atoms with Crippen molar-refractivity contribution in [3.8, 4) is 0 Å². The Labute approximate surface area is 230 Å². The van der Waals surface area contributed by atoms with E-state index in [1.54, 1.807) is 11.1 Å². The topological polar surface area (TPSA) is 29.1 Å². The minimum atomic E-state index is -0.215. The number of allylic oxidation sites excluding steroid dienone is 4. The van der Waals surface area contributed by atoms with Gasteiger partial charge in [-0.3, -0.25) is 4.79 Å². The van der Waals surface area contributed by atoms with Gasteiger partial charge in [0.2, 0.25) is 5.91 Å². The summed E-state index contributed by atoms with van der Waals surface area (Å²) in [7, 11) is 0. The number of hydrogen-bond acceptors (Lipinski definition) is 1. The maximum Gasteiger partial charge on any atom is 0.226 e. The van der Waals surface area contributed by atoms with Gasteiger partial charge in [0.15, 0.2) is 0 Å². The lowest BCUT2D eigenvalue weighted by Gasteiger charge is -2.57. The second-order valence-corrected chi connectivity index (χ2v) is 13.7. The van der Waals surface area contributed by atoms with E-state index in [1.165, 1.54) is 103 Å². The highest BCUT2D eigenvalue weighted by Crippen LogP contribution is 2.62. The zero-order valence-corrected chi connectivity index (χ0v) is 25.4.